The van der Waals surface area contributed by atoms with Crippen molar-refractivity contribution >= 4 is 29.0 Å². The first-order valence-electron chi connectivity index (χ1n) is 3.72. The summed E-state index contributed by atoms with van der Waals surface area (Å²) in [6, 6.07) is 0. The van der Waals surface area contributed by atoms with Gasteiger partial charge in [-0.2, -0.15) is 0 Å². The Kier molecular flexibility index (Phi) is 4.25. The summed E-state index contributed by atoms with van der Waals surface area (Å²) in [5.74, 6) is -0.266. The average Bonchev–Trinajstić information content (AvgIpc) is 2.28. The molecule has 70 valence electrons. The highest BCUT2D eigenvalue weighted by atomic mass is 35.5. The molecule has 0 radical (unpaired) electrons. The zero-order valence-corrected chi connectivity index (χ0v) is 8.70. The van der Waals surface area contributed by atoms with E-state index < -0.39 is 0 Å². The average molecular weight is 218 g/mol. The molecule has 13 heavy (non-hydrogen) atoms. The molecule has 0 spiro atoms. The van der Waals surface area contributed by atoms with Gasteiger partial charge >= 0.3 is 0 Å². The van der Waals surface area contributed by atoms with Crippen molar-refractivity contribution in [1.29, 1.82) is 0 Å². The molecule has 0 aromatic heterocycles. The summed E-state index contributed by atoms with van der Waals surface area (Å²) in [4.78, 5) is 4.82. The molecule has 0 unspecified atom stereocenters. The number of allylic oxidation sites excluding steroid dienone is 4. The van der Waals surface area contributed by atoms with E-state index >= 15 is 0 Å². The van der Waals surface area contributed by atoms with Crippen LogP contribution >= 0.6 is 23.4 Å². The van der Waals surface area contributed by atoms with Gasteiger partial charge in [-0.25, -0.2) is 9.38 Å². The smallest absolute Gasteiger partial charge is 0.121 e. The molecule has 4 heteroatoms. The molecule has 0 atom stereocenters. The normalized spacial score (nSPS) is 17.9. The fourth-order valence-electron chi connectivity index (χ4n) is 0.985. The van der Waals surface area contributed by atoms with Crippen LogP contribution in [0.2, 0.25) is 0 Å². The standard InChI is InChI=1S/C9H9ClFNS/c1-13-9-4-2-3-7(11)5-8(9)12-6-10/h3-6H,2H2,1H3. The zero-order valence-electron chi connectivity index (χ0n) is 7.13. The molecule has 0 saturated heterocycles. The lowest BCUT2D eigenvalue weighted by Crippen LogP contribution is -1.81. The number of hydrogen-bond donors (Lipinski definition) is 0. The Morgan fingerprint density at radius 2 is 2.38 bits per heavy atom. The predicted octanol–water partition coefficient (Wildman–Crippen LogP) is 3.64. The molecule has 1 aliphatic carbocycles. The van der Waals surface area contributed by atoms with E-state index in [-0.39, 0.29) is 5.83 Å². The predicted molar refractivity (Wildman–Crippen MR) is 57.8 cm³/mol. The van der Waals surface area contributed by atoms with Crippen molar-refractivity contribution < 1.29 is 4.39 Å². The summed E-state index contributed by atoms with van der Waals surface area (Å²) in [7, 11) is 0. The maximum atomic E-state index is 13.0. The van der Waals surface area contributed by atoms with Gasteiger partial charge in [0.1, 0.15) is 5.83 Å². The van der Waals surface area contributed by atoms with Crippen LogP contribution in [-0.4, -0.2) is 11.9 Å². The first kappa shape index (κ1) is 10.5. The fraction of sp³-hybridized carbons (Fsp3) is 0.222. The van der Waals surface area contributed by atoms with Crippen LogP contribution in [0.3, 0.4) is 0 Å². The zero-order chi connectivity index (χ0) is 9.68. The van der Waals surface area contributed by atoms with Crippen LogP contribution in [0.15, 0.2) is 39.6 Å². The summed E-state index contributed by atoms with van der Waals surface area (Å²) in [5.41, 5.74) is 1.72. The van der Waals surface area contributed by atoms with Gasteiger partial charge in [-0.1, -0.05) is 17.7 Å². The van der Waals surface area contributed by atoms with E-state index in [2.05, 4.69) is 4.99 Å². The Morgan fingerprint density at radius 1 is 1.62 bits per heavy atom. The number of nitrogens with zero attached hydrogens (tertiary/aromatic N) is 1. The van der Waals surface area contributed by atoms with Gasteiger partial charge in [0, 0.05) is 11.0 Å². The van der Waals surface area contributed by atoms with E-state index in [9.17, 15) is 4.39 Å². The molecule has 0 aromatic carbocycles. The topological polar surface area (TPSA) is 12.4 Å². The largest absolute Gasteiger partial charge is 0.243 e. The molecule has 0 heterocycles. The van der Waals surface area contributed by atoms with Gasteiger partial charge in [0.2, 0.25) is 0 Å². The minimum absolute atomic E-state index is 0.266. The van der Waals surface area contributed by atoms with Gasteiger partial charge in [0.25, 0.3) is 0 Å². The molecule has 0 amide bonds. The van der Waals surface area contributed by atoms with Crippen molar-refractivity contribution in [3.8, 4) is 0 Å². The molecular formula is C9H9ClFNS. The minimum Gasteiger partial charge on any atom is -0.243 e. The molecule has 0 N–H and O–H groups in total. The Balaban J connectivity index is 2.99. The molecule has 0 fully saturated rings. The second-order valence-corrected chi connectivity index (χ2v) is 3.40. The summed E-state index contributed by atoms with van der Waals surface area (Å²) < 4.78 is 13.0. The van der Waals surface area contributed by atoms with E-state index in [0.29, 0.717) is 12.1 Å². The second kappa shape index (κ2) is 5.25. The molecule has 0 aliphatic heterocycles. The van der Waals surface area contributed by atoms with Crippen molar-refractivity contribution in [3.05, 3.63) is 34.7 Å². The third-order valence-corrected chi connectivity index (χ3v) is 2.46. The van der Waals surface area contributed by atoms with Crippen LogP contribution in [0.1, 0.15) is 6.42 Å². The van der Waals surface area contributed by atoms with Crippen molar-refractivity contribution in [2.75, 3.05) is 6.26 Å². The number of hydrogen-bond acceptors (Lipinski definition) is 2. The summed E-state index contributed by atoms with van der Waals surface area (Å²) in [6.45, 7) is 0. The van der Waals surface area contributed by atoms with Gasteiger partial charge < -0.3 is 0 Å². The molecule has 1 aliphatic rings. The number of thioether (sulfide) groups is 1. The van der Waals surface area contributed by atoms with Gasteiger partial charge in [0.05, 0.1) is 11.4 Å². The van der Waals surface area contributed by atoms with Crippen molar-refractivity contribution in [2.24, 2.45) is 4.99 Å². The van der Waals surface area contributed by atoms with E-state index in [0.717, 1.165) is 10.6 Å². The molecule has 0 saturated carbocycles. The van der Waals surface area contributed by atoms with Crippen LogP contribution in [0.4, 0.5) is 4.39 Å². The quantitative estimate of drug-likeness (QED) is 0.644. The van der Waals surface area contributed by atoms with Crippen LogP contribution in [-0.2, 0) is 0 Å². The lowest BCUT2D eigenvalue weighted by atomic mass is 10.3. The van der Waals surface area contributed by atoms with Crippen molar-refractivity contribution in [2.45, 2.75) is 6.42 Å². The number of halogens is 2. The maximum Gasteiger partial charge on any atom is 0.121 e. The van der Waals surface area contributed by atoms with E-state index in [1.807, 2.05) is 12.3 Å². The maximum absolute atomic E-state index is 13.0. The Morgan fingerprint density at radius 3 is 3.00 bits per heavy atom. The van der Waals surface area contributed by atoms with Gasteiger partial charge in [0.15, 0.2) is 0 Å². The molecule has 1 rings (SSSR count). The highest BCUT2D eigenvalue weighted by molar-refractivity contribution is 8.02. The van der Waals surface area contributed by atoms with Gasteiger partial charge in [-0.05, 0) is 18.8 Å². The molecule has 0 bridgehead atoms. The summed E-state index contributed by atoms with van der Waals surface area (Å²) in [6.07, 6.45) is 7.33. The summed E-state index contributed by atoms with van der Waals surface area (Å²) >= 11 is 6.88. The molecular weight excluding hydrogens is 209 g/mol. The Bertz CT molecular complexity index is 305. The monoisotopic (exact) mass is 217 g/mol. The number of aliphatic imine (C=N–C) groups is 1. The van der Waals surface area contributed by atoms with Crippen molar-refractivity contribution in [3.63, 3.8) is 0 Å². The third kappa shape index (κ3) is 3.01. The first-order chi connectivity index (χ1) is 6.27. The highest BCUT2D eigenvalue weighted by Gasteiger charge is 2.06. The Hall–Kier alpha value is -0.540. The summed E-state index contributed by atoms with van der Waals surface area (Å²) in [5, 5.41) is 0. The lowest BCUT2D eigenvalue weighted by Gasteiger charge is -2.01. The Labute approximate surface area is 86.1 Å². The SMILES string of the molecule is CSC1=CCC=C(F)C=C1N=CCl. The fourth-order valence-corrected chi connectivity index (χ4v) is 1.67. The number of rotatable bonds is 2. The van der Waals surface area contributed by atoms with Crippen LogP contribution < -0.4 is 0 Å². The third-order valence-electron chi connectivity index (χ3n) is 1.55. The van der Waals surface area contributed by atoms with E-state index in [1.54, 1.807) is 0 Å². The van der Waals surface area contributed by atoms with Crippen LogP contribution in [0.5, 0.6) is 0 Å². The van der Waals surface area contributed by atoms with Crippen molar-refractivity contribution in [1.82, 2.24) is 0 Å². The highest BCUT2D eigenvalue weighted by Crippen LogP contribution is 2.27. The van der Waals surface area contributed by atoms with Crippen LogP contribution in [0.25, 0.3) is 0 Å². The first-order valence-corrected chi connectivity index (χ1v) is 5.38. The van der Waals surface area contributed by atoms with Crippen LogP contribution in [0, 0.1) is 0 Å². The van der Waals surface area contributed by atoms with E-state index in [4.69, 9.17) is 11.6 Å². The van der Waals surface area contributed by atoms with Gasteiger partial charge in [-0.3, -0.25) is 0 Å². The second-order valence-electron chi connectivity index (χ2n) is 2.35. The lowest BCUT2D eigenvalue weighted by molar-refractivity contribution is 0.662. The molecule has 0 aromatic rings. The van der Waals surface area contributed by atoms with E-state index in [1.165, 1.54) is 23.9 Å². The van der Waals surface area contributed by atoms with Gasteiger partial charge in [-0.15, -0.1) is 11.8 Å². The molecule has 1 nitrogen and oxygen atoms in total. The minimum atomic E-state index is -0.266.